The Morgan fingerprint density at radius 2 is 1.96 bits per heavy atom. The summed E-state index contributed by atoms with van der Waals surface area (Å²) in [4.78, 5) is 12.9. The number of esters is 1. The molecule has 0 N–H and O–H groups in total. The molecule has 0 aliphatic rings. The van der Waals surface area contributed by atoms with E-state index in [1.807, 2.05) is 52.0 Å². The fraction of sp³-hybridized carbons (Fsp3) is 0.500. The van der Waals surface area contributed by atoms with E-state index in [0.717, 1.165) is 17.5 Å². The van der Waals surface area contributed by atoms with Crippen LogP contribution in [0.5, 0.6) is 0 Å². The van der Waals surface area contributed by atoms with Gasteiger partial charge in [-0.3, -0.25) is 4.68 Å². The van der Waals surface area contributed by atoms with Gasteiger partial charge in [-0.25, -0.2) is 13.6 Å². The molecule has 1 aromatic heterocycles. The lowest BCUT2D eigenvalue weighted by molar-refractivity contribution is -0.0546. The van der Waals surface area contributed by atoms with Gasteiger partial charge in [-0.05, 0) is 30.4 Å². The molecule has 0 saturated carbocycles. The van der Waals surface area contributed by atoms with Gasteiger partial charge in [-0.2, -0.15) is 5.10 Å². The van der Waals surface area contributed by atoms with Gasteiger partial charge in [-0.15, -0.1) is 0 Å². The lowest BCUT2D eigenvalue weighted by Crippen LogP contribution is -2.38. The molecule has 0 fully saturated rings. The molecule has 2 aromatic rings. The van der Waals surface area contributed by atoms with Crippen LogP contribution < -0.4 is 0 Å². The van der Waals surface area contributed by atoms with E-state index >= 15 is 0 Å². The minimum atomic E-state index is -2.84. The zero-order valence-corrected chi connectivity index (χ0v) is 15.9. The number of aromatic nitrogens is 2. The molecule has 4 nitrogen and oxygen atoms in total. The Hall–Kier alpha value is -2.24. The van der Waals surface area contributed by atoms with E-state index in [4.69, 9.17) is 4.74 Å². The maximum absolute atomic E-state index is 13.2. The number of halogens is 2. The molecular weight excluding hydrogens is 338 g/mol. The summed E-state index contributed by atoms with van der Waals surface area (Å²) in [6.07, 6.45) is -0.157. The van der Waals surface area contributed by atoms with Gasteiger partial charge in [0, 0.05) is 13.2 Å². The molecule has 1 heterocycles. The van der Waals surface area contributed by atoms with Crippen LogP contribution in [0, 0.1) is 12.8 Å². The summed E-state index contributed by atoms with van der Waals surface area (Å²) in [5.41, 5.74) is 0.302. The highest BCUT2D eigenvalue weighted by molar-refractivity contribution is 5.91. The first kappa shape index (κ1) is 20.1. The van der Waals surface area contributed by atoms with Crippen molar-refractivity contribution < 1.29 is 18.3 Å². The number of alkyl halides is 2. The summed E-state index contributed by atoms with van der Waals surface area (Å²) in [5.74, 6) is -0.794. The van der Waals surface area contributed by atoms with Crippen molar-refractivity contribution in [3.63, 3.8) is 0 Å². The molecule has 1 unspecified atom stereocenters. The van der Waals surface area contributed by atoms with Gasteiger partial charge >= 0.3 is 5.97 Å². The van der Waals surface area contributed by atoms with Crippen LogP contribution in [0.2, 0.25) is 0 Å². The normalized spacial score (nSPS) is 13.9. The minimum Gasteiger partial charge on any atom is -0.450 e. The Bertz CT molecular complexity index is 771. The van der Waals surface area contributed by atoms with Crippen molar-refractivity contribution in [3.8, 4) is 0 Å². The minimum absolute atomic E-state index is 0.0285. The highest BCUT2D eigenvalue weighted by Crippen LogP contribution is 2.41. The SMILES string of the molecule is CCCC(OC(=O)c1cn(C)nc1C(F)F)(c1ccccc1C)C(C)C. The van der Waals surface area contributed by atoms with Gasteiger partial charge in [-0.1, -0.05) is 51.5 Å². The molecule has 0 amide bonds. The Balaban J connectivity index is 2.51. The average Bonchev–Trinajstić information content (AvgIpc) is 2.97. The second-order valence-corrected chi connectivity index (χ2v) is 6.90. The van der Waals surface area contributed by atoms with Crippen LogP contribution in [0.3, 0.4) is 0 Å². The van der Waals surface area contributed by atoms with Gasteiger partial charge in [0.2, 0.25) is 0 Å². The van der Waals surface area contributed by atoms with Crippen LogP contribution in [0.4, 0.5) is 8.78 Å². The zero-order chi connectivity index (χ0) is 19.5. The van der Waals surface area contributed by atoms with Crippen LogP contribution in [0.15, 0.2) is 30.5 Å². The van der Waals surface area contributed by atoms with Crippen LogP contribution in [0.1, 0.15) is 67.2 Å². The Morgan fingerprint density at radius 3 is 2.50 bits per heavy atom. The van der Waals surface area contributed by atoms with Gasteiger partial charge in [0.05, 0.1) is 0 Å². The maximum Gasteiger partial charge on any atom is 0.342 e. The molecule has 2 rings (SSSR count). The van der Waals surface area contributed by atoms with Crippen molar-refractivity contribution in [2.45, 2.75) is 52.6 Å². The summed E-state index contributed by atoms with van der Waals surface area (Å²) in [5, 5.41) is 3.71. The molecular formula is C20H26F2N2O2. The maximum atomic E-state index is 13.2. The number of carbonyl (C=O) groups excluding carboxylic acids is 1. The quantitative estimate of drug-likeness (QED) is 0.636. The van der Waals surface area contributed by atoms with Crippen molar-refractivity contribution in [2.24, 2.45) is 13.0 Å². The van der Waals surface area contributed by atoms with Gasteiger partial charge in [0.1, 0.15) is 16.9 Å². The third kappa shape index (κ3) is 3.79. The molecule has 0 radical (unpaired) electrons. The first-order valence-corrected chi connectivity index (χ1v) is 8.84. The van der Waals surface area contributed by atoms with Crippen LogP contribution >= 0.6 is 0 Å². The average molecular weight is 364 g/mol. The lowest BCUT2D eigenvalue weighted by Gasteiger charge is -2.38. The Labute approximate surface area is 153 Å². The number of aryl methyl sites for hydroxylation is 2. The Kier molecular flexibility index (Phi) is 6.16. The first-order valence-electron chi connectivity index (χ1n) is 8.84. The second kappa shape index (κ2) is 7.98. The van der Waals surface area contributed by atoms with Gasteiger partial charge in [0.15, 0.2) is 0 Å². The first-order chi connectivity index (χ1) is 12.2. The summed E-state index contributed by atoms with van der Waals surface area (Å²) < 4.78 is 33.7. The van der Waals surface area contributed by atoms with E-state index in [1.165, 1.54) is 17.9 Å². The number of ether oxygens (including phenoxy) is 1. The monoisotopic (exact) mass is 364 g/mol. The van der Waals surface area contributed by atoms with Crippen LogP contribution in [-0.4, -0.2) is 15.7 Å². The van der Waals surface area contributed by atoms with Crippen LogP contribution in [-0.2, 0) is 17.4 Å². The molecule has 0 bridgehead atoms. The highest BCUT2D eigenvalue weighted by Gasteiger charge is 2.41. The van der Waals surface area contributed by atoms with E-state index in [2.05, 4.69) is 5.10 Å². The summed E-state index contributed by atoms with van der Waals surface area (Å²) in [6, 6.07) is 7.73. The number of rotatable bonds is 7. The van der Waals surface area contributed by atoms with Gasteiger partial charge in [0.25, 0.3) is 6.43 Å². The standard InChI is InChI=1S/C20H26F2N2O2/c1-6-11-20(13(2)3,16-10-8-7-9-14(16)4)26-19(25)15-12-24(5)23-17(15)18(21)22/h7-10,12-13,18H,6,11H2,1-5H3. The molecule has 0 aliphatic heterocycles. The molecule has 0 saturated heterocycles. The van der Waals surface area contributed by atoms with Crippen molar-refractivity contribution in [2.75, 3.05) is 0 Å². The van der Waals surface area contributed by atoms with E-state index < -0.39 is 23.7 Å². The van der Waals surface area contributed by atoms with Crippen LogP contribution in [0.25, 0.3) is 0 Å². The smallest absolute Gasteiger partial charge is 0.342 e. The molecule has 1 aromatic carbocycles. The molecule has 1 atom stereocenters. The molecule has 26 heavy (non-hydrogen) atoms. The summed E-state index contributed by atoms with van der Waals surface area (Å²) >= 11 is 0. The van der Waals surface area contributed by atoms with Crippen molar-refractivity contribution in [3.05, 3.63) is 52.8 Å². The number of carbonyl (C=O) groups is 1. The van der Waals surface area contributed by atoms with E-state index in [-0.39, 0.29) is 11.5 Å². The molecule has 142 valence electrons. The fourth-order valence-corrected chi connectivity index (χ4v) is 3.42. The van der Waals surface area contributed by atoms with E-state index in [9.17, 15) is 13.6 Å². The fourth-order valence-electron chi connectivity index (χ4n) is 3.42. The molecule has 0 aliphatic carbocycles. The summed E-state index contributed by atoms with van der Waals surface area (Å²) in [7, 11) is 1.51. The third-order valence-electron chi connectivity index (χ3n) is 4.71. The zero-order valence-electron chi connectivity index (χ0n) is 15.9. The molecule has 6 heteroatoms. The topological polar surface area (TPSA) is 44.1 Å². The third-order valence-corrected chi connectivity index (χ3v) is 4.71. The molecule has 0 spiro atoms. The van der Waals surface area contributed by atoms with E-state index in [1.54, 1.807) is 0 Å². The number of hydrogen-bond acceptors (Lipinski definition) is 3. The number of benzene rings is 1. The largest absolute Gasteiger partial charge is 0.450 e. The Morgan fingerprint density at radius 1 is 1.31 bits per heavy atom. The predicted octanol–water partition coefficient (Wildman–Crippen LogP) is 5.17. The van der Waals surface area contributed by atoms with E-state index in [0.29, 0.717) is 6.42 Å². The van der Waals surface area contributed by atoms with Gasteiger partial charge < -0.3 is 4.74 Å². The van der Waals surface area contributed by atoms with Crippen molar-refractivity contribution in [1.82, 2.24) is 9.78 Å². The van der Waals surface area contributed by atoms with Crippen molar-refractivity contribution >= 4 is 5.97 Å². The predicted molar refractivity (Wildman–Crippen MR) is 96.2 cm³/mol. The highest BCUT2D eigenvalue weighted by atomic mass is 19.3. The lowest BCUT2D eigenvalue weighted by atomic mass is 9.77. The number of hydrogen-bond donors (Lipinski definition) is 0. The van der Waals surface area contributed by atoms with Crippen molar-refractivity contribution in [1.29, 1.82) is 0 Å². The number of nitrogens with zero attached hydrogens (tertiary/aromatic N) is 2. The second-order valence-electron chi connectivity index (χ2n) is 6.90. The summed E-state index contributed by atoms with van der Waals surface area (Å²) in [6.45, 7) is 7.93.